The summed E-state index contributed by atoms with van der Waals surface area (Å²) in [6, 6.07) is 6.79. The van der Waals surface area contributed by atoms with Crippen molar-refractivity contribution in [1.82, 2.24) is 14.6 Å². The molecule has 0 aliphatic rings. The van der Waals surface area contributed by atoms with Gasteiger partial charge >= 0.3 is 0 Å². The first-order chi connectivity index (χ1) is 11.3. The molecule has 0 spiro atoms. The number of hydrogen-bond donors (Lipinski definition) is 2. The number of nitrogens with two attached hydrogens (primary N) is 1. The van der Waals surface area contributed by atoms with Gasteiger partial charge in [-0.25, -0.2) is 13.4 Å². The van der Waals surface area contributed by atoms with E-state index in [1.54, 1.807) is 49.6 Å². The maximum absolute atomic E-state index is 12.8. The van der Waals surface area contributed by atoms with Crippen LogP contribution in [0.15, 0.2) is 46.5 Å². The molecule has 1 aromatic carbocycles. The Kier molecular flexibility index (Phi) is 5.74. The number of pyridine rings is 1. The topological polar surface area (TPSA) is 101 Å². The minimum atomic E-state index is -3.74. The molecule has 7 nitrogen and oxygen atoms in total. The van der Waals surface area contributed by atoms with E-state index < -0.39 is 16.2 Å². The Balaban J connectivity index is 2.39. The molecule has 1 aromatic heterocycles. The third-order valence-electron chi connectivity index (χ3n) is 3.53. The summed E-state index contributed by atoms with van der Waals surface area (Å²) in [5.74, 6) is 0.276. The molecule has 1 heterocycles. The Labute approximate surface area is 142 Å². The van der Waals surface area contributed by atoms with Crippen molar-refractivity contribution in [3.05, 3.63) is 36.7 Å². The fourth-order valence-corrected chi connectivity index (χ4v) is 3.66. The fourth-order valence-electron chi connectivity index (χ4n) is 2.27. The van der Waals surface area contributed by atoms with Crippen LogP contribution in [0.3, 0.4) is 0 Å². The van der Waals surface area contributed by atoms with Crippen LogP contribution >= 0.6 is 0 Å². The summed E-state index contributed by atoms with van der Waals surface area (Å²) >= 11 is 0. The van der Waals surface area contributed by atoms with E-state index in [-0.39, 0.29) is 10.9 Å². The van der Waals surface area contributed by atoms with Crippen molar-refractivity contribution < 1.29 is 8.42 Å². The summed E-state index contributed by atoms with van der Waals surface area (Å²) in [5.41, 5.74) is 5.83. The first-order valence-electron chi connectivity index (χ1n) is 7.71. The number of benzene rings is 1. The molecule has 130 valence electrons. The molecule has 2 rings (SSSR count). The zero-order valence-electron chi connectivity index (χ0n) is 14.1. The highest BCUT2D eigenvalue weighted by atomic mass is 32.2. The molecule has 0 radical (unpaired) electrons. The van der Waals surface area contributed by atoms with Gasteiger partial charge in [-0.05, 0) is 18.6 Å². The zero-order valence-corrected chi connectivity index (χ0v) is 14.9. The second-order valence-corrected chi connectivity index (χ2v) is 7.34. The number of aromatic nitrogens is 1. The number of aliphatic imine (C=N–C) groups is 1. The lowest BCUT2D eigenvalue weighted by Crippen LogP contribution is -2.38. The number of guanidine groups is 1. The lowest BCUT2D eigenvalue weighted by Gasteiger charge is -2.18. The molecule has 1 atom stereocenters. The Hall–Kier alpha value is -2.19. The van der Waals surface area contributed by atoms with Gasteiger partial charge in [0.05, 0.1) is 4.90 Å². The number of sulfonamides is 1. The van der Waals surface area contributed by atoms with Crippen molar-refractivity contribution in [2.24, 2.45) is 10.7 Å². The Morgan fingerprint density at radius 1 is 1.38 bits per heavy atom. The largest absolute Gasteiger partial charge is 0.370 e. The lowest BCUT2D eigenvalue weighted by atomic mass is 10.2. The number of nitrogens with zero attached hydrogens (tertiary/aromatic N) is 3. The van der Waals surface area contributed by atoms with Gasteiger partial charge < -0.3 is 10.6 Å². The molecule has 0 saturated carbocycles. The van der Waals surface area contributed by atoms with Crippen molar-refractivity contribution in [3.63, 3.8) is 0 Å². The van der Waals surface area contributed by atoms with Crippen LogP contribution in [-0.2, 0) is 10.0 Å². The van der Waals surface area contributed by atoms with Crippen LogP contribution in [0.1, 0.15) is 19.8 Å². The molecule has 24 heavy (non-hydrogen) atoms. The van der Waals surface area contributed by atoms with Crippen molar-refractivity contribution in [3.8, 4) is 0 Å². The molecule has 0 aliphatic heterocycles. The normalized spacial score (nSPS) is 13.9. The van der Waals surface area contributed by atoms with Crippen LogP contribution in [-0.4, -0.2) is 44.5 Å². The Bertz CT molecular complexity index is 828. The standard InChI is InChI=1S/C16H23N5O2S/c1-4-6-15(19-16(17)21(2)3)20-24(22,23)14-8-5-7-12-11-18-10-9-13(12)14/h5,7-11,15,20H,4,6H2,1-3H3,(H2,17,19). The summed E-state index contributed by atoms with van der Waals surface area (Å²) in [7, 11) is -0.223. The van der Waals surface area contributed by atoms with E-state index in [0.29, 0.717) is 11.8 Å². The monoisotopic (exact) mass is 349 g/mol. The zero-order chi connectivity index (χ0) is 17.7. The third-order valence-corrected chi connectivity index (χ3v) is 5.05. The number of nitrogens with one attached hydrogen (secondary N) is 1. The van der Waals surface area contributed by atoms with Crippen molar-refractivity contribution >= 4 is 26.8 Å². The predicted molar refractivity (Wildman–Crippen MR) is 96.1 cm³/mol. The maximum Gasteiger partial charge on any atom is 0.242 e. The minimum absolute atomic E-state index is 0.210. The third kappa shape index (κ3) is 4.21. The van der Waals surface area contributed by atoms with Gasteiger partial charge in [-0.1, -0.05) is 25.5 Å². The fraction of sp³-hybridized carbons (Fsp3) is 0.375. The second-order valence-electron chi connectivity index (χ2n) is 5.66. The molecular weight excluding hydrogens is 326 g/mol. The van der Waals surface area contributed by atoms with Gasteiger partial charge in [0.1, 0.15) is 6.17 Å². The summed E-state index contributed by atoms with van der Waals surface area (Å²) < 4.78 is 28.3. The van der Waals surface area contributed by atoms with Crippen LogP contribution in [0.2, 0.25) is 0 Å². The molecular formula is C16H23N5O2S. The molecule has 0 saturated heterocycles. The van der Waals surface area contributed by atoms with Crippen LogP contribution in [0, 0.1) is 0 Å². The van der Waals surface area contributed by atoms with E-state index in [1.165, 1.54) is 0 Å². The second kappa shape index (κ2) is 7.59. The summed E-state index contributed by atoms with van der Waals surface area (Å²) in [4.78, 5) is 10.2. The molecule has 0 fully saturated rings. The van der Waals surface area contributed by atoms with Gasteiger partial charge in [-0.3, -0.25) is 4.98 Å². The van der Waals surface area contributed by atoms with Crippen LogP contribution in [0.4, 0.5) is 0 Å². The predicted octanol–water partition coefficient (Wildman–Crippen LogP) is 1.52. The Morgan fingerprint density at radius 2 is 2.12 bits per heavy atom. The average Bonchev–Trinajstić information content (AvgIpc) is 2.54. The highest BCUT2D eigenvalue weighted by Crippen LogP contribution is 2.22. The maximum atomic E-state index is 12.8. The summed E-state index contributed by atoms with van der Waals surface area (Å²) in [6.07, 6.45) is 3.93. The van der Waals surface area contributed by atoms with Gasteiger partial charge in [0.2, 0.25) is 10.0 Å². The van der Waals surface area contributed by atoms with Gasteiger partial charge in [0.15, 0.2) is 5.96 Å². The minimum Gasteiger partial charge on any atom is -0.370 e. The van der Waals surface area contributed by atoms with Gasteiger partial charge in [0, 0.05) is 37.3 Å². The molecule has 0 bridgehead atoms. The van der Waals surface area contributed by atoms with E-state index in [4.69, 9.17) is 5.73 Å². The molecule has 8 heteroatoms. The number of fused-ring (bicyclic) bond motifs is 1. The Morgan fingerprint density at radius 3 is 2.79 bits per heavy atom. The molecule has 1 unspecified atom stereocenters. The number of rotatable bonds is 6. The molecule has 2 aromatic rings. The van der Waals surface area contributed by atoms with Gasteiger partial charge in [-0.2, -0.15) is 4.72 Å². The first kappa shape index (κ1) is 18.2. The van der Waals surface area contributed by atoms with E-state index in [9.17, 15) is 8.42 Å². The van der Waals surface area contributed by atoms with Crippen molar-refractivity contribution in [2.75, 3.05) is 14.1 Å². The SMILES string of the molecule is CCCC(/N=C(\N)N(C)C)NS(=O)(=O)c1cccc2cnccc12. The highest BCUT2D eigenvalue weighted by Gasteiger charge is 2.21. The highest BCUT2D eigenvalue weighted by molar-refractivity contribution is 7.89. The van der Waals surface area contributed by atoms with E-state index in [0.717, 1.165) is 11.8 Å². The molecule has 0 amide bonds. The lowest BCUT2D eigenvalue weighted by molar-refractivity contribution is 0.522. The van der Waals surface area contributed by atoms with E-state index in [1.807, 2.05) is 13.0 Å². The van der Waals surface area contributed by atoms with Crippen LogP contribution in [0.25, 0.3) is 10.8 Å². The van der Waals surface area contributed by atoms with E-state index >= 15 is 0 Å². The number of hydrogen-bond acceptors (Lipinski definition) is 4. The van der Waals surface area contributed by atoms with Gasteiger partial charge in [-0.15, -0.1) is 0 Å². The van der Waals surface area contributed by atoms with Crippen LogP contribution in [0.5, 0.6) is 0 Å². The summed E-state index contributed by atoms with van der Waals surface area (Å²) in [5, 5.41) is 1.39. The van der Waals surface area contributed by atoms with Gasteiger partial charge in [0.25, 0.3) is 0 Å². The molecule has 0 aliphatic carbocycles. The van der Waals surface area contributed by atoms with E-state index in [2.05, 4.69) is 14.7 Å². The quantitative estimate of drug-likeness (QED) is 0.608. The average molecular weight is 349 g/mol. The van der Waals surface area contributed by atoms with Crippen LogP contribution < -0.4 is 10.5 Å². The van der Waals surface area contributed by atoms with Crippen molar-refractivity contribution in [1.29, 1.82) is 0 Å². The first-order valence-corrected chi connectivity index (χ1v) is 9.19. The summed E-state index contributed by atoms with van der Waals surface area (Å²) in [6.45, 7) is 1.96. The van der Waals surface area contributed by atoms with Crippen molar-refractivity contribution in [2.45, 2.75) is 30.8 Å². The smallest absolute Gasteiger partial charge is 0.242 e. The molecule has 3 N–H and O–H groups in total.